The van der Waals surface area contributed by atoms with Gasteiger partial charge in [-0.3, -0.25) is 0 Å². The van der Waals surface area contributed by atoms with Crippen molar-refractivity contribution in [2.75, 3.05) is 6.54 Å². The summed E-state index contributed by atoms with van der Waals surface area (Å²) in [7, 11) is 0. The molecule has 0 saturated carbocycles. The number of benzene rings is 1. The Balaban J connectivity index is 1.37. The van der Waals surface area contributed by atoms with E-state index in [1.807, 2.05) is 6.07 Å². The Hall–Kier alpha value is -2.01. The van der Waals surface area contributed by atoms with Gasteiger partial charge in [0.2, 0.25) is 0 Å². The SMILES string of the molecule is CCCCCCCNC(=O)Oc1cc(Cl)c2c(c1)N=C1C3C=CC(C3)N1C2. The number of unbranched alkanes of at least 4 members (excludes halogenated alkanes) is 4. The molecule has 0 radical (unpaired) electrons. The van der Waals surface area contributed by atoms with Gasteiger partial charge in [0, 0.05) is 42.7 Å². The van der Waals surface area contributed by atoms with Crippen LogP contribution in [0.3, 0.4) is 0 Å². The van der Waals surface area contributed by atoms with Gasteiger partial charge in [0.25, 0.3) is 0 Å². The number of halogens is 1. The molecule has 2 bridgehead atoms. The first kappa shape index (κ1) is 18.4. The lowest BCUT2D eigenvalue weighted by Crippen LogP contribution is -2.36. The lowest BCUT2D eigenvalue weighted by atomic mass is 10.1. The molecule has 2 atom stereocenters. The number of hydrogen-bond donors (Lipinski definition) is 1. The summed E-state index contributed by atoms with van der Waals surface area (Å²) in [6.45, 7) is 3.59. The van der Waals surface area contributed by atoms with E-state index in [9.17, 15) is 4.79 Å². The Morgan fingerprint density at radius 2 is 2.15 bits per heavy atom. The summed E-state index contributed by atoms with van der Waals surface area (Å²) < 4.78 is 5.43. The van der Waals surface area contributed by atoms with Crippen LogP contribution in [0.15, 0.2) is 29.3 Å². The lowest BCUT2D eigenvalue weighted by molar-refractivity contribution is 0.200. The van der Waals surface area contributed by atoms with Crippen LogP contribution in [-0.4, -0.2) is 29.4 Å². The van der Waals surface area contributed by atoms with E-state index in [4.69, 9.17) is 21.3 Å². The predicted molar refractivity (Wildman–Crippen MR) is 108 cm³/mol. The molecule has 6 heteroatoms. The first-order chi connectivity index (χ1) is 13.2. The molecule has 3 aliphatic rings. The molecule has 2 heterocycles. The number of rotatable bonds is 7. The third-order valence-electron chi connectivity index (χ3n) is 5.56. The second kappa shape index (κ2) is 7.93. The maximum absolute atomic E-state index is 12.0. The zero-order valence-electron chi connectivity index (χ0n) is 15.7. The highest BCUT2D eigenvalue weighted by atomic mass is 35.5. The molecule has 1 aromatic rings. The fraction of sp³-hybridized carbons (Fsp3) is 0.524. The molecule has 1 fully saturated rings. The van der Waals surface area contributed by atoms with Gasteiger partial charge in [-0.15, -0.1) is 0 Å². The van der Waals surface area contributed by atoms with E-state index in [2.05, 4.69) is 29.3 Å². The number of carbonyl (C=O) groups excluding carboxylic acids is 1. The van der Waals surface area contributed by atoms with Gasteiger partial charge in [-0.1, -0.05) is 56.4 Å². The highest BCUT2D eigenvalue weighted by Gasteiger charge is 2.41. The van der Waals surface area contributed by atoms with Crippen molar-refractivity contribution in [3.05, 3.63) is 34.9 Å². The Bertz CT molecular complexity index is 790. The van der Waals surface area contributed by atoms with Gasteiger partial charge >= 0.3 is 6.09 Å². The van der Waals surface area contributed by atoms with Crippen LogP contribution in [0.2, 0.25) is 5.02 Å². The van der Waals surface area contributed by atoms with Gasteiger partial charge in [0.1, 0.15) is 11.6 Å². The number of aliphatic imine (C=N–C) groups is 1. The van der Waals surface area contributed by atoms with Crippen LogP contribution in [0.25, 0.3) is 0 Å². The summed E-state index contributed by atoms with van der Waals surface area (Å²) in [5.74, 6) is 1.96. The average molecular weight is 388 g/mol. The van der Waals surface area contributed by atoms with Crippen molar-refractivity contribution in [3.63, 3.8) is 0 Å². The molecule has 1 N–H and O–H groups in total. The number of carbonyl (C=O) groups is 1. The maximum atomic E-state index is 12.0. The monoisotopic (exact) mass is 387 g/mol. The molecule has 1 aliphatic carbocycles. The van der Waals surface area contributed by atoms with Crippen LogP contribution >= 0.6 is 11.6 Å². The summed E-state index contributed by atoms with van der Waals surface area (Å²) >= 11 is 6.47. The zero-order valence-corrected chi connectivity index (χ0v) is 16.5. The molecule has 1 saturated heterocycles. The fourth-order valence-electron chi connectivity index (χ4n) is 4.10. The summed E-state index contributed by atoms with van der Waals surface area (Å²) in [5.41, 5.74) is 1.82. The maximum Gasteiger partial charge on any atom is 0.412 e. The third kappa shape index (κ3) is 3.84. The van der Waals surface area contributed by atoms with E-state index in [1.165, 1.54) is 19.3 Å². The molecule has 4 rings (SSSR count). The molecule has 1 aromatic carbocycles. The van der Waals surface area contributed by atoms with E-state index < -0.39 is 6.09 Å². The standard InChI is InChI=1S/C21H26ClN3O2/c1-2-3-4-5-6-9-23-21(26)27-16-11-18(22)17-13-25-15-8-7-14(10-15)20(25)24-19(17)12-16/h7-8,11-12,14-15H,2-6,9-10,13H2,1H3,(H,23,26). The normalized spacial score (nSPS) is 21.7. The lowest BCUT2D eigenvalue weighted by Gasteiger charge is -2.32. The van der Waals surface area contributed by atoms with Crippen molar-refractivity contribution >= 4 is 29.2 Å². The van der Waals surface area contributed by atoms with E-state index >= 15 is 0 Å². The van der Waals surface area contributed by atoms with Crippen molar-refractivity contribution in [2.45, 2.75) is 58.0 Å². The number of fused-ring (bicyclic) bond motifs is 6. The van der Waals surface area contributed by atoms with Crippen molar-refractivity contribution in [2.24, 2.45) is 10.9 Å². The van der Waals surface area contributed by atoms with Gasteiger partial charge in [-0.25, -0.2) is 9.79 Å². The highest BCUT2D eigenvalue weighted by molar-refractivity contribution is 6.32. The van der Waals surface area contributed by atoms with Gasteiger partial charge in [0.15, 0.2) is 0 Å². The van der Waals surface area contributed by atoms with E-state index in [1.54, 1.807) is 6.07 Å². The average Bonchev–Trinajstić information content (AvgIpc) is 3.25. The Morgan fingerprint density at radius 3 is 3.00 bits per heavy atom. The number of nitrogens with one attached hydrogen (secondary N) is 1. The molecule has 144 valence electrons. The summed E-state index contributed by atoms with van der Waals surface area (Å²) in [6.07, 6.45) is 10.9. The molecule has 2 unspecified atom stereocenters. The Labute approximate surface area is 165 Å². The van der Waals surface area contributed by atoms with Crippen LogP contribution < -0.4 is 10.1 Å². The number of hydrogen-bond acceptors (Lipinski definition) is 4. The number of ether oxygens (including phenoxy) is 1. The summed E-state index contributed by atoms with van der Waals surface area (Å²) in [4.78, 5) is 19.2. The molecular formula is C21H26ClN3O2. The minimum atomic E-state index is -0.436. The smallest absolute Gasteiger partial charge is 0.410 e. The number of nitrogens with zero attached hydrogens (tertiary/aromatic N) is 2. The topological polar surface area (TPSA) is 53.9 Å². The number of amidine groups is 1. The first-order valence-corrected chi connectivity index (χ1v) is 10.3. The third-order valence-corrected chi connectivity index (χ3v) is 5.89. The molecule has 2 aliphatic heterocycles. The van der Waals surface area contributed by atoms with Gasteiger partial charge in [0.05, 0.1) is 10.7 Å². The molecule has 1 amide bonds. The van der Waals surface area contributed by atoms with Gasteiger partial charge in [-0.05, 0) is 12.8 Å². The van der Waals surface area contributed by atoms with E-state index in [0.29, 0.717) is 29.3 Å². The molecule has 5 nitrogen and oxygen atoms in total. The highest BCUT2D eigenvalue weighted by Crippen LogP contribution is 2.43. The summed E-state index contributed by atoms with van der Waals surface area (Å²) in [6, 6.07) is 3.98. The molecular weight excluding hydrogens is 362 g/mol. The largest absolute Gasteiger partial charge is 0.412 e. The minimum Gasteiger partial charge on any atom is -0.410 e. The van der Waals surface area contributed by atoms with Crippen molar-refractivity contribution in [3.8, 4) is 5.75 Å². The Kier molecular flexibility index (Phi) is 5.39. The van der Waals surface area contributed by atoms with E-state index in [-0.39, 0.29) is 0 Å². The zero-order chi connectivity index (χ0) is 18.8. The van der Waals surface area contributed by atoms with Crippen LogP contribution in [0.1, 0.15) is 51.0 Å². The fourth-order valence-corrected chi connectivity index (χ4v) is 4.36. The van der Waals surface area contributed by atoms with Crippen LogP contribution in [0, 0.1) is 5.92 Å². The predicted octanol–water partition coefficient (Wildman–Crippen LogP) is 5.20. The molecule has 0 spiro atoms. The molecule has 27 heavy (non-hydrogen) atoms. The minimum absolute atomic E-state index is 0.405. The van der Waals surface area contributed by atoms with Crippen molar-refractivity contribution in [1.29, 1.82) is 0 Å². The second-order valence-corrected chi connectivity index (χ2v) is 7.93. The van der Waals surface area contributed by atoms with Crippen LogP contribution in [0.4, 0.5) is 10.5 Å². The first-order valence-electron chi connectivity index (χ1n) is 9.97. The van der Waals surface area contributed by atoms with Crippen LogP contribution in [-0.2, 0) is 6.54 Å². The summed E-state index contributed by atoms with van der Waals surface area (Å²) in [5, 5.41) is 3.41. The molecule has 0 aromatic heterocycles. The van der Waals surface area contributed by atoms with Gasteiger partial charge < -0.3 is 15.0 Å². The second-order valence-electron chi connectivity index (χ2n) is 7.53. The number of amides is 1. The quantitative estimate of drug-likeness (QED) is 0.516. The van der Waals surface area contributed by atoms with Crippen LogP contribution in [0.5, 0.6) is 5.75 Å². The van der Waals surface area contributed by atoms with Gasteiger partial charge in [-0.2, -0.15) is 0 Å². The van der Waals surface area contributed by atoms with E-state index in [0.717, 1.165) is 42.9 Å². The van der Waals surface area contributed by atoms with Crippen molar-refractivity contribution in [1.82, 2.24) is 10.2 Å². The van der Waals surface area contributed by atoms with Crippen molar-refractivity contribution < 1.29 is 9.53 Å². The Morgan fingerprint density at radius 1 is 1.30 bits per heavy atom.